The highest BCUT2D eigenvalue weighted by Crippen LogP contribution is 2.28. The van der Waals surface area contributed by atoms with Gasteiger partial charge >= 0.3 is 0 Å². The van der Waals surface area contributed by atoms with E-state index < -0.39 is 0 Å². The monoisotopic (exact) mass is 237 g/mol. The van der Waals surface area contributed by atoms with E-state index in [-0.39, 0.29) is 0 Å². The lowest BCUT2D eigenvalue weighted by molar-refractivity contribution is 0.454. The number of aromatic nitrogens is 2. The standard InChI is InChI=1S/C12H19N3S/c1-2-12(9-16-5-1)15-8-11(7-14-15)10-3-4-13-6-10/h7-8,10,12-13H,1-6,9H2. The predicted molar refractivity (Wildman–Crippen MR) is 68.1 cm³/mol. The molecule has 2 unspecified atom stereocenters. The largest absolute Gasteiger partial charge is 0.316 e. The molecule has 0 spiro atoms. The van der Waals surface area contributed by atoms with Crippen LogP contribution < -0.4 is 5.32 Å². The fourth-order valence-corrected chi connectivity index (χ4v) is 3.76. The van der Waals surface area contributed by atoms with Crippen molar-refractivity contribution in [1.82, 2.24) is 15.1 Å². The van der Waals surface area contributed by atoms with Gasteiger partial charge in [-0.2, -0.15) is 16.9 Å². The quantitative estimate of drug-likeness (QED) is 0.853. The molecule has 0 amide bonds. The maximum Gasteiger partial charge on any atom is 0.0609 e. The number of nitrogens with zero attached hydrogens (tertiary/aromatic N) is 2. The van der Waals surface area contributed by atoms with Gasteiger partial charge in [-0.25, -0.2) is 0 Å². The lowest BCUT2D eigenvalue weighted by Crippen LogP contribution is -2.16. The van der Waals surface area contributed by atoms with Crippen LogP contribution in [0.5, 0.6) is 0 Å². The van der Waals surface area contributed by atoms with Gasteiger partial charge in [0.25, 0.3) is 0 Å². The van der Waals surface area contributed by atoms with Crippen LogP contribution in [0.1, 0.15) is 36.8 Å². The van der Waals surface area contributed by atoms with Crippen molar-refractivity contribution in [2.75, 3.05) is 24.6 Å². The Kier molecular flexibility index (Phi) is 3.20. The molecule has 0 bridgehead atoms. The van der Waals surface area contributed by atoms with Crippen molar-refractivity contribution >= 4 is 11.8 Å². The Labute approximate surface area is 101 Å². The lowest BCUT2D eigenvalue weighted by Gasteiger charge is -2.21. The van der Waals surface area contributed by atoms with E-state index in [0.29, 0.717) is 12.0 Å². The molecule has 3 nitrogen and oxygen atoms in total. The summed E-state index contributed by atoms with van der Waals surface area (Å²) in [5, 5.41) is 7.98. The number of hydrogen-bond acceptors (Lipinski definition) is 3. The Morgan fingerprint density at radius 1 is 1.44 bits per heavy atom. The molecule has 0 radical (unpaired) electrons. The Morgan fingerprint density at radius 2 is 2.44 bits per heavy atom. The molecule has 16 heavy (non-hydrogen) atoms. The van der Waals surface area contributed by atoms with E-state index in [0.717, 1.165) is 13.1 Å². The predicted octanol–water partition coefficient (Wildman–Crippen LogP) is 2.03. The van der Waals surface area contributed by atoms with Crippen LogP contribution in [0.3, 0.4) is 0 Å². The first-order chi connectivity index (χ1) is 7.93. The summed E-state index contributed by atoms with van der Waals surface area (Å²) in [7, 11) is 0. The first kappa shape index (κ1) is 10.7. The molecule has 1 aromatic rings. The molecule has 3 heterocycles. The minimum atomic E-state index is 0.641. The van der Waals surface area contributed by atoms with E-state index in [2.05, 4.69) is 39.3 Å². The van der Waals surface area contributed by atoms with E-state index >= 15 is 0 Å². The van der Waals surface area contributed by atoms with E-state index in [9.17, 15) is 0 Å². The van der Waals surface area contributed by atoms with Crippen LogP contribution in [-0.2, 0) is 0 Å². The van der Waals surface area contributed by atoms with Gasteiger partial charge in [0.1, 0.15) is 0 Å². The maximum atomic E-state index is 4.56. The Morgan fingerprint density at radius 3 is 3.19 bits per heavy atom. The number of hydrogen-bond donors (Lipinski definition) is 1. The maximum absolute atomic E-state index is 4.56. The smallest absolute Gasteiger partial charge is 0.0609 e. The molecule has 2 atom stereocenters. The number of rotatable bonds is 2. The van der Waals surface area contributed by atoms with Crippen molar-refractivity contribution in [2.45, 2.75) is 31.2 Å². The van der Waals surface area contributed by atoms with Crippen molar-refractivity contribution in [3.63, 3.8) is 0 Å². The van der Waals surface area contributed by atoms with Gasteiger partial charge in [0, 0.05) is 24.4 Å². The number of thioether (sulfide) groups is 1. The van der Waals surface area contributed by atoms with E-state index in [1.165, 1.54) is 36.3 Å². The van der Waals surface area contributed by atoms with Gasteiger partial charge in [-0.3, -0.25) is 4.68 Å². The van der Waals surface area contributed by atoms with E-state index in [4.69, 9.17) is 0 Å². The fourth-order valence-electron chi connectivity index (χ4n) is 2.63. The molecular weight excluding hydrogens is 218 g/mol. The van der Waals surface area contributed by atoms with Gasteiger partial charge in [-0.1, -0.05) is 0 Å². The summed E-state index contributed by atoms with van der Waals surface area (Å²) < 4.78 is 2.21. The van der Waals surface area contributed by atoms with Crippen molar-refractivity contribution in [3.05, 3.63) is 18.0 Å². The van der Waals surface area contributed by atoms with Crippen molar-refractivity contribution in [2.24, 2.45) is 0 Å². The van der Waals surface area contributed by atoms with Gasteiger partial charge in [0.2, 0.25) is 0 Å². The van der Waals surface area contributed by atoms with Gasteiger partial charge in [-0.05, 0) is 37.1 Å². The molecular formula is C12H19N3S. The van der Waals surface area contributed by atoms with Crippen LogP contribution in [0, 0.1) is 0 Å². The number of nitrogens with one attached hydrogen (secondary N) is 1. The normalized spacial score (nSPS) is 30.8. The molecule has 1 aromatic heterocycles. The average molecular weight is 237 g/mol. The average Bonchev–Trinajstić information content (AvgIpc) is 3.01. The topological polar surface area (TPSA) is 29.9 Å². The van der Waals surface area contributed by atoms with Crippen LogP contribution in [-0.4, -0.2) is 34.4 Å². The fraction of sp³-hybridized carbons (Fsp3) is 0.750. The summed E-state index contributed by atoms with van der Waals surface area (Å²) in [5.74, 6) is 3.27. The highest BCUT2D eigenvalue weighted by Gasteiger charge is 2.21. The molecule has 3 rings (SSSR count). The first-order valence-corrected chi connectivity index (χ1v) is 7.41. The third kappa shape index (κ3) is 2.13. The van der Waals surface area contributed by atoms with Gasteiger partial charge < -0.3 is 5.32 Å². The summed E-state index contributed by atoms with van der Waals surface area (Å²) in [6.45, 7) is 2.29. The molecule has 0 aromatic carbocycles. The summed E-state index contributed by atoms with van der Waals surface area (Å²) in [6, 6.07) is 0.641. The van der Waals surface area contributed by atoms with E-state index in [1.54, 1.807) is 0 Å². The van der Waals surface area contributed by atoms with Crippen LogP contribution in [0.2, 0.25) is 0 Å². The second kappa shape index (κ2) is 4.80. The minimum absolute atomic E-state index is 0.641. The van der Waals surface area contributed by atoms with Crippen LogP contribution in [0.25, 0.3) is 0 Å². The second-order valence-corrected chi connectivity index (χ2v) is 5.96. The second-order valence-electron chi connectivity index (χ2n) is 4.81. The highest BCUT2D eigenvalue weighted by atomic mass is 32.2. The van der Waals surface area contributed by atoms with Crippen molar-refractivity contribution < 1.29 is 0 Å². The molecule has 2 fully saturated rings. The van der Waals surface area contributed by atoms with Crippen LogP contribution in [0.15, 0.2) is 12.4 Å². The molecule has 2 aliphatic heterocycles. The van der Waals surface area contributed by atoms with Gasteiger partial charge in [-0.15, -0.1) is 0 Å². The molecule has 1 N–H and O–H groups in total. The lowest BCUT2D eigenvalue weighted by atomic mass is 10.0. The Balaban J connectivity index is 1.71. The molecule has 88 valence electrons. The summed E-state index contributed by atoms with van der Waals surface area (Å²) in [6.07, 6.45) is 8.28. The van der Waals surface area contributed by atoms with Crippen molar-refractivity contribution in [1.29, 1.82) is 0 Å². The first-order valence-electron chi connectivity index (χ1n) is 6.26. The third-order valence-electron chi connectivity index (χ3n) is 3.66. The summed E-state index contributed by atoms with van der Waals surface area (Å²) in [5.41, 5.74) is 1.43. The zero-order valence-corrected chi connectivity index (χ0v) is 10.4. The molecule has 0 aliphatic carbocycles. The zero-order valence-electron chi connectivity index (χ0n) is 9.56. The van der Waals surface area contributed by atoms with Gasteiger partial charge in [0.15, 0.2) is 0 Å². The van der Waals surface area contributed by atoms with Gasteiger partial charge in [0.05, 0.1) is 12.2 Å². The van der Waals surface area contributed by atoms with Crippen LogP contribution in [0.4, 0.5) is 0 Å². The van der Waals surface area contributed by atoms with Crippen LogP contribution >= 0.6 is 11.8 Å². The molecule has 0 saturated carbocycles. The summed E-state index contributed by atoms with van der Waals surface area (Å²) in [4.78, 5) is 0. The Bertz CT molecular complexity index is 338. The molecule has 2 saturated heterocycles. The third-order valence-corrected chi connectivity index (χ3v) is 4.86. The minimum Gasteiger partial charge on any atom is -0.316 e. The zero-order chi connectivity index (χ0) is 10.8. The summed E-state index contributed by atoms with van der Waals surface area (Å²) >= 11 is 2.07. The van der Waals surface area contributed by atoms with E-state index in [1.807, 2.05) is 0 Å². The highest BCUT2D eigenvalue weighted by molar-refractivity contribution is 7.99. The molecule has 4 heteroatoms. The Hall–Kier alpha value is -0.480. The SMILES string of the molecule is c1nn(C2CCCSC2)cc1C1CCNC1. The van der Waals surface area contributed by atoms with Crippen molar-refractivity contribution in [3.8, 4) is 0 Å². The molecule has 2 aliphatic rings.